The number of carbonyl (C=O) groups excluding carboxylic acids is 1. The Morgan fingerprint density at radius 2 is 1.83 bits per heavy atom. The summed E-state index contributed by atoms with van der Waals surface area (Å²) in [6.07, 6.45) is 4.52. The fourth-order valence-corrected chi connectivity index (χ4v) is 4.79. The van der Waals surface area contributed by atoms with Gasteiger partial charge < -0.3 is 19.5 Å². The molecule has 35 heavy (non-hydrogen) atoms. The summed E-state index contributed by atoms with van der Waals surface area (Å²) in [5.41, 5.74) is 2.80. The Morgan fingerprint density at radius 1 is 1.06 bits per heavy atom. The lowest BCUT2D eigenvalue weighted by Gasteiger charge is -2.22. The molecule has 1 amide bonds. The molecule has 0 radical (unpaired) electrons. The highest BCUT2D eigenvalue weighted by Gasteiger charge is 2.17. The molecule has 0 unspecified atom stereocenters. The standard InChI is InChI=1S/C27H33N3O4S.H2/c1-3-4-5-6-13-28-27(31)23-18-35-26(29-23)17-30(15-20-7-10-22(32-2)11-8-20)16-21-9-12-24-25(14-21)34-19-33-24;/h7-12,14,18H,3-6,13,15-17,19H2,1-2H3,(H,28,31);1H. The number of rotatable bonds is 13. The van der Waals surface area contributed by atoms with Crippen LogP contribution in [0.5, 0.6) is 17.2 Å². The van der Waals surface area contributed by atoms with Gasteiger partial charge in [-0.15, -0.1) is 11.3 Å². The lowest BCUT2D eigenvalue weighted by atomic mass is 10.1. The highest BCUT2D eigenvalue weighted by Crippen LogP contribution is 2.33. The number of methoxy groups -OCH3 is 1. The molecule has 8 heteroatoms. The van der Waals surface area contributed by atoms with Gasteiger partial charge in [-0.1, -0.05) is 44.4 Å². The first kappa shape index (κ1) is 25.0. The molecule has 0 saturated carbocycles. The van der Waals surface area contributed by atoms with Gasteiger partial charge in [0.1, 0.15) is 16.5 Å². The lowest BCUT2D eigenvalue weighted by molar-refractivity contribution is 0.0948. The zero-order valence-electron chi connectivity index (χ0n) is 20.4. The summed E-state index contributed by atoms with van der Waals surface area (Å²) in [5.74, 6) is 2.29. The third-order valence-corrected chi connectivity index (χ3v) is 6.70. The van der Waals surface area contributed by atoms with Gasteiger partial charge in [-0.05, 0) is 41.8 Å². The van der Waals surface area contributed by atoms with Crippen LogP contribution in [0.2, 0.25) is 0 Å². The second-order valence-electron chi connectivity index (χ2n) is 8.62. The van der Waals surface area contributed by atoms with Crippen molar-refractivity contribution >= 4 is 17.2 Å². The second kappa shape index (κ2) is 12.6. The average Bonchev–Trinajstić information content (AvgIpc) is 3.53. The van der Waals surface area contributed by atoms with Crippen LogP contribution in [0.25, 0.3) is 0 Å². The smallest absolute Gasteiger partial charge is 0.270 e. The molecule has 0 aliphatic carbocycles. The second-order valence-corrected chi connectivity index (χ2v) is 9.57. The van der Waals surface area contributed by atoms with Gasteiger partial charge in [0.15, 0.2) is 11.5 Å². The van der Waals surface area contributed by atoms with Crippen molar-refractivity contribution in [3.8, 4) is 17.2 Å². The number of aromatic nitrogens is 1. The first-order valence-corrected chi connectivity index (χ1v) is 13.0. The third kappa shape index (κ3) is 7.19. The van der Waals surface area contributed by atoms with Crippen LogP contribution in [0, 0.1) is 0 Å². The summed E-state index contributed by atoms with van der Waals surface area (Å²) in [6, 6.07) is 14.1. The molecule has 0 atom stereocenters. The highest BCUT2D eigenvalue weighted by atomic mass is 32.1. The Bertz CT molecular complexity index is 1110. The van der Waals surface area contributed by atoms with Gasteiger partial charge in [0, 0.05) is 26.4 Å². The van der Waals surface area contributed by atoms with E-state index in [1.165, 1.54) is 29.7 Å². The maximum Gasteiger partial charge on any atom is 0.270 e. The molecule has 3 aromatic rings. The number of amides is 1. The van der Waals surface area contributed by atoms with E-state index in [1.807, 2.05) is 29.6 Å². The van der Waals surface area contributed by atoms with Crippen molar-refractivity contribution in [1.82, 2.24) is 15.2 Å². The van der Waals surface area contributed by atoms with Crippen LogP contribution in [0.15, 0.2) is 47.8 Å². The Labute approximate surface area is 212 Å². The van der Waals surface area contributed by atoms with Crippen molar-refractivity contribution in [3.63, 3.8) is 0 Å². The van der Waals surface area contributed by atoms with Crippen LogP contribution in [-0.4, -0.2) is 36.2 Å². The first-order chi connectivity index (χ1) is 17.1. The van der Waals surface area contributed by atoms with Crippen LogP contribution in [0.3, 0.4) is 0 Å². The number of carbonyl (C=O) groups is 1. The van der Waals surface area contributed by atoms with Gasteiger partial charge in [0.25, 0.3) is 5.91 Å². The molecule has 1 N–H and O–H groups in total. The topological polar surface area (TPSA) is 72.9 Å². The van der Waals surface area contributed by atoms with Gasteiger partial charge in [-0.2, -0.15) is 0 Å². The number of hydrogen-bond donors (Lipinski definition) is 1. The van der Waals surface area contributed by atoms with Crippen molar-refractivity contribution in [2.75, 3.05) is 20.4 Å². The lowest BCUT2D eigenvalue weighted by Crippen LogP contribution is -2.25. The summed E-state index contributed by atoms with van der Waals surface area (Å²) in [4.78, 5) is 19.5. The maximum absolute atomic E-state index is 12.5. The summed E-state index contributed by atoms with van der Waals surface area (Å²) in [7, 11) is 1.67. The number of unbranched alkanes of at least 4 members (excludes halogenated alkanes) is 3. The molecule has 0 bridgehead atoms. The van der Waals surface area contributed by atoms with E-state index in [-0.39, 0.29) is 14.1 Å². The Hall–Kier alpha value is -3.10. The normalized spacial score (nSPS) is 12.2. The van der Waals surface area contributed by atoms with Crippen molar-refractivity contribution in [3.05, 3.63) is 69.7 Å². The van der Waals surface area contributed by atoms with E-state index in [2.05, 4.69) is 40.3 Å². The zero-order chi connectivity index (χ0) is 24.5. The predicted molar refractivity (Wildman–Crippen MR) is 139 cm³/mol. The fourth-order valence-electron chi connectivity index (χ4n) is 3.98. The van der Waals surface area contributed by atoms with Crippen LogP contribution in [0.1, 0.15) is 60.7 Å². The number of nitrogens with zero attached hydrogens (tertiary/aromatic N) is 2. The highest BCUT2D eigenvalue weighted by molar-refractivity contribution is 7.09. The molecule has 2 aromatic carbocycles. The minimum atomic E-state index is -0.0959. The summed E-state index contributed by atoms with van der Waals surface area (Å²) < 4.78 is 16.3. The van der Waals surface area contributed by atoms with Crippen LogP contribution in [0.4, 0.5) is 0 Å². The van der Waals surface area contributed by atoms with E-state index in [0.29, 0.717) is 25.3 Å². The number of ether oxygens (including phenoxy) is 3. The van der Waals surface area contributed by atoms with E-state index in [9.17, 15) is 4.79 Å². The molecule has 0 spiro atoms. The maximum atomic E-state index is 12.5. The van der Waals surface area contributed by atoms with Crippen molar-refractivity contribution in [2.24, 2.45) is 0 Å². The molecule has 0 saturated heterocycles. The van der Waals surface area contributed by atoms with E-state index in [1.54, 1.807) is 7.11 Å². The van der Waals surface area contributed by atoms with Crippen LogP contribution < -0.4 is 19.5 Å². The molecule has 188 valence electrons. The van der Waals surface area contributed by atoms with E-state index >= 15 is 0 Å². The molecule has 1 aromatic heterocycles. The summed E-state index contributed by atoms with van der Waals surface area (Å²) in [6.45, 7) is 5.21. The first-order valence-electron chi connectivity index (χ1n) is 12.1. The SMILES string of the molecule is CCCCCCNC(=O)c1csc(CN(Cc2ccc(OC)cc2)Cc2ccc3c(c2)OCO3)n1.[HH]. The number of nitrogens with one attached hydrogen (secondary N) is 1. The molecule has 7 nitrogen and oxygen atoms in total. The van der Waals surface area contributed by atoms with Gasteiger partial charge in [-0.3, -0.25) is 9.69 Å². The zero-order valence-corrected chi connectivity index (χ0v) is 21.2. The van der Waals surface area contributed by atoms with E-state index < -0.39 is 0 Å². The number of hydrogen-bond acceptors (Lipinski definition) is 7. The van der Waals surface area contributed by atoms with Gasteiger partial charge in [0.05, 0.1) is 13.7 Å². The van der Waals surface area contributed by atoms with Gasteiger partial charge >= 0.3 is 0 Å². The number of thiazole rings is 1. The van der Waals surface area contributed by atoms with Crippen LogP contribution >= 0.6 is 11.3 Å². The fraction of sp³-hybridized carbons (Fsp3) is 0.407. The summed E-state index contributed by atoms with van der Waals surface area (Å²) in [5, 5.41) is 5.76. The molecule has 0 fully saturated rings. The number of benzene rings is 2. The minimum absolute atomic E-state index is 0. The molecule has 2 heterocycles. The predicted octanol–water partition coefficient (Wildman–Crippen LogP) is 5.64. The van der Waals surface area contributed by atoms with Gasteiger partial charge in [0.2, 0.25) is 6.79 Å². The van der Waals surface area contributed by atoms with E-state index in [4.69, 9.17) is 14.2 Å². The average molecular weight is 498 g/mol. The third-order valence-electron chi connectivity index (χ3n) is 5.87. The van der Waals surface area contributed by atoms with Crippen molar-refractivity contribution < 1.29 is 20.4 Å². The van der Waals surface area contributed by atoms with Crippen LogP contribution in [-0.2, 0) is 19.6 Å². The minimum Gasteiger partial charge on any atom is -0.497 e. The van der Waals surface area contributed by atoms with Crippen molar-refractivity contribution in [2.45, 2.75) is 52.2 Å². The molecule has 1 aliphatic heterocycles. The monoisotopic (exact) mass is 497 g/mol. The Morgan fingerprint density at radius 3 is 2.63 bits per heavy atom. The molecular weight excluding hydrogens is 462 g/mol. The van der Waals surface area contributed by atoms with E-state index in [0.717, 1.165) is 47.2 Å². The summed E-state index contributed by atoms with van der Waals surface area (Å²) >= 11 is 1.52. The van der Waals surface area contributed by atoms with Crippen molar-refractivity contribution in [1.29, 1.82) is 0 Å². The largest absolute Gasteiger partial charge is 0.497 e. The Kier molecular flexibility index (Phi) is 8.97. The molecular formula is C27H35N3O4S. The van der Waals surface area contributed by atoms with Gasteiger partial charge in [-0.25, -0.2) is 4.98 Å². The Balaban J connectivity index is 0.00000361. The molecule has 4 rings (SSSR count). The molecule has 1 aliphatic rings. The quantitative estimate of drug-likeness (QED) is 0.308. The number of fused-ring (bicyclic) bond motifs is 1.